The Morgan fingerprint density at radius 2 is 1.90 bits per heavy atom. The molecule has 9 heteroatoms. The van der Waals surface area contributed by atoms with Crippen molar-refractivity contribution in [1.29, 1.82) is 0 Å². The van der Waals surface area contributed by atoms with Crippen molar-refractivity contribution in [1.82, 2.24) is 4.98 Å². The van der Waals surface area contributed by atoms with Gasteiger partial charge in [-0.05, 0) is 36.6 Å². The standard InChI is InChI=1S/C20H14F3N3OS2/c1-10-4-6-11(7-5-10)25-18(27)17-16(24)15-12(20(21,22)23)9-13(26-19(15)29-17)14-3-2-8-28-14/h2-9H,24H2,1H3,(H,25,27). The normalized spacial score (nSPS) is 11.7. The fourth-order valence-corrected chi connectivity index (χ4v) is 4.59. The number of pyridine rings is 1. The Labute approximate surface area is 171 Å². The zero-order chi connectivity index (χ0) is 20.8. The maximum Gasteiger partial charge on any atom is 0.417 e. The van der Waals surface area contributed by atoms with Crippen LogP contribution in [0.1, 0.15) is 20.8 Å². The van der Waals surface area contributed by atoms with Crippen LogP contribution in [0.4, 0.5) is 24.5 Å². The molecule has 3 aromatic heterocycles. The molecule has 0 aliphatic heterocycles. The van der Waals surface area contributed by atoms with Gasteiger partial charge < -0.3 is 11.1 Å². The molecule has 1 amide bonds. The van der Waals surface area contributed by atoms with Gasteiger partial charge >= 0.3 is 6.18 Å². The fraction of sp³-hybridized carbons (Fsp3) is 0.100. The molecule has 0 aliphatic carbocycles. The minimum absolute atomic E-state index is 0.00176. The number of carbonyl (C=O) groups excluding carboxylic acids is 1. The summed E-state index contributed by atoms with van der Waals surface area (Å²) in [6.07, 6.45) is -4.63. The number of anilines is 2. The highest BCUT2D eigenvalue weighted by Crippen LogP contribution is 2.44. The third-order valence-electron chi connectivity index (χ3n) is 4.29. The van der Waals surface area contributed by atoms with Crippen molar-refractivity contribution >= 4 is 50.2 Å². The van der Waals surface area contributed by atoms with Crippen LogP contribution in [-0.2, 0) is 6.18 Å². The van der Waals surface area contributed by atoms with Crippen molar-refractivity contribution in [2.45, 2.75) is 13.1 Å². The Kier molecular flexibility index (Phi) is 4.79. The molecule has 0 saturated heterocycles. The summed E-state index contributed by atoms with van der Waals surface area (Å²) in [7, 11) is 0. The van der Waals surface area contributed by atoms with Gasteiger partial charge in [0.15, 0.2) is 0 Å². The van der Waals surface area contributed by atoms with Crippen molar-refractivity contribution in [3.63, 3.8) is 0 Å². The first-order valence-corrected chi connectivity index (χ1v) is 10.2. The van der Waals surface area contributed by atoms with Crippen molar-refractivity contribution in [3.05, 3.63) is 63.8 Å². The molecule has 4 nitrogen and oxygen atoms in total. The summed E-state index contributed by atoms with van der Waals surface area (Å²) >= 11 is 2.14. The number of nitrogen functional groups attached to an aromatic ring is 1. The van der Waals surface area contributed by atoms with Crippen molar-refractivity contribution in [2.75, 3.05) is 11.1 Å². The van der Waals surface area contributed by atoms with E-state index in [0.29, 0.717) is 10.6 Å². The monoisotopic (exact) mass is 433 g/mol. The number of benzene rings is 1. The number of aryl methyl sites for hydroxylation is 1. The van der Waals surface area contributed by atoms with Gasteiger partial charge in [0.25, 0.3) is 5.91 Å². The van der Waals surface area contributed by atoms with E-state index >= 15 is 0 Å². The zero-order valence-electron chi connectivity index (χ0n) is 15.0. The van der Waals surface area contributed by atoms with Crippen LogP contribution in [0.2, 0.25) is 0 Å². The van der Waals surface area contributed by atoms with E-state index in [1.807, 2.05) is 19.1 Å². The number of hydrogen-bond acceptors (Lipinski definition) is 5. The molecule has 3 heterocycles. The lowest BCUT2D eigenvalue weighted by Gasteiger charge is -2.10. The molecule has 0 aliphatic rings. The lowest BCUT2D eigenvalue weighted by Crippen LogP contribution is -2.12. The van der Waals surface area contributed by atoms with E-state index in [2.05, 4.69) is 10.3 Å². The largest absolute Gasteiger partial charge is 0.417 e. The van der Waals surface area contributed by atoms with Crippen LogP contribution in [0.3, 0.4) is 0 Å². The van der Waals surface area contributed by atoms with E-state index in [1.54, 1.807) is 29.6 Å². The first kappa shape index (κ1) is 19.4. The van der Waals surface area contributed by atoms with Crippen LogP contribution >= 0.6 is 22.7 Å². The summed E-state index contributed by atoms with van der Waals surface area (Å²) < 4.78 is 41.2. The van der Waals surface area contributed by atoms with E-state index in [4.69, 9.17) is 5.73 Å². The Balaban J connectivity index is 1.83. The van der Waals surface area contributed by atoms with Crippen molar-refractivity contribution in [2.24, 2.45) is 0 Å². The zero-order valence-corrected chi connectivity index (χ0v) is 16.6. The molecular formula is C20H14F3N3OS2. The second-order valence-corrected chi connectivity index (χ2v) is 8.32. The second kappa shape index (κ2) is 7.16. The first-order valence-electron chi connectivity index (χ1n) is 8.46. The molecule has 0 spiro atoms. The van der Waals surface area contributed by atoms with Crippen LogP contribution in [0.5, 0.6) is 0 Å². The predicted molar refractivity (Wildman–Crippen MR) is 111 cm³/mol. The maximum absolute atomic E-state index is 13.7. The molecule has 4 rings (SSSR count). The molecule has 0 atom stereocenters. The Hall–Kier alpha value is -2.91. The van der Waals surface area contributed by atoms with Gasteiger partial charge in [0.2, 0.25) is 0 Å². The predicted octanol–water partition coefficient (Wildman–Crippen LogP) is 6.19. The smallest absolute Gasteiger partial charge is 0.397 e. The minimum atomic E-state index is -4.63. The number of amides is 1. The number of carbonyl (C=O) groups is 1. The topological polar surface area (TPSA) is 68.0 Å². The summed E-state index contributed by atoms with van der Waals surface area (Å²) in [4.78, 5) is 17.7. The van der Waals surface area contributed by atoms with Gasteiger partial charge in [0.05, 0.1) is 21.8 Å². The van der Waals surface area contributed by atoms with Crippen molar-refractivity contribution < 1.29 is 18.0 Å². The quantitative estimate of drug-likeness (QED) is 0.405. The summed E-state index contributed by atoms with van der Waals surface area (Å²) in [5.41, 5.74) is 6.63. The van der Waals surface area contributed by atoms with Crippen LogP contribution in [0, 0.1) is 6.92 Å². The fourth-order valence-electron chi connectivity index (χ4n) is 2.89. The van der Waals surface area contributed by atoms with Gasteiger partial charge in [-0.15, -0.1) is 22.7 Å². The molecule has 0 unspecified atom stereocenters. The van der Waals surface area contributed by atoms with E-state index in [-0.39, 0.29) is 26.5 Å². The molecule has 0 saturated carbocycles. The number of hydrogen-bond donors (Lipinski definition) is 2. The number of rotatable bonds is 3. The molecule has 0 radical (unpaired) electrons. The SMILES string of the molecule is Cc1ccc(NC(=O)c2sc3nc(-c4cccs4)cc(C(F)(F)F)c3c2N)cc1. The Bertz CT molecular complexity index is 1200. The minimum Gasteiger partial charge on any atom is -0.397 e. The first-order chi connectivity index (χ1) is 13.7. The molecule has 0 fully saturated rings. The summed E-state index contributed by atoms with van der Waals surface area (Å²) in [5, 5.41) is 4.19. The lowest BCUT2D eigenvalue weighted by molar-refractivity contribution is -0.136. The third kappa shape index (κ3) is 3.70. The van der Waals surface area contributed by atoms with Gasteiger partial charge in [0, 0.05) is 11.1 Å². The summed E-state index contributed by atoms with van der Waals surface area (Å²) in [6, 6.07) is 11.5. The summed E-state index contributed by atoms with van der Waals surface area (Å²) in [6.45, 7) is 1.91. The average molecular weight is 433 g/mol. The number of nitrogens with zero attached hydrogens (tertiary/aromatic N) is 1. The number of alkyl halides is 3. The number of nitrogens with two attached hydrogens (primary N) is 1. The van der Waals surface area contributed by atoms with Gasteiger partial charge in [0.1, 0.15) is 9.71 Å². The number of nitrogens with one attached hydrogen (secondary N) is 1. The Morgan fingerprint density at radius 3 is 2.52 bits per heavy atom. The average Bonchev–Trinajstić information content (AvgIpc) is 3.30. The van der Waals surface area contributed by atoms with Crippen LogP contribution in [0.15, 0.2) is 47.8 Å². The number of fused-ring (bicyclic) bond motifs is 1. The number of halogens is 3. The van der Waals surface area contributed by atoms with E-state index in [1.165, 1.54) is 11.3 Å². The van der Waals surface area contributed by atoms with Crippen LogP contribution in [0.25, 0.3) is 20.8 Å². The molecule has 3 N–H and O–H groups in total. The van der Waals surface area contributed by atoms with Gasteiger partial charge in [-0.2, -0.15) is 13.2 Å². The van der Waals surface area contributed by atoms with Gasteiger partial charge in [-0.25, -0.2) is 4.98 Å². The van der Waals surface area contributed by atoms with Gasteiger partial charge in [-0.3, -0.25) is 4.79 Å². The summed E-state index contributed by atoms with van der Waals surface area (Å²) in [5.74, 6) is -0.569. The van der Waals surface area contributed by atoms with Gasteiger partial charge in [-0.1, -0.05) is 23.8 Å². The molecule has 29 heavy (non-hydrogen) atoms. The van der Waals surface area contributed by atoms with E-state index in [9.17, 15) is 18.0 Å². The van der Waals surface area contributed by atoms with Crippen LogP contribution < -0.4 is 11.1 Å². The molecule has 0 bridgehead atoms. The highest BCUT2D eigenvalue weighted by atomic mass is 32.1. The van der Waals surface area contributed by atoms with E-state index in [0.717, 1.165) is 23.0 Å². The number of aromatic nitrogens is 1. The third-order valence-corrected chi connectivity index (χ3v) is 6.28. The van der Waals surface area contributed by atoms with Crippen LogP contribution in [-0.4, -0.2) is 10.9 Å². The Morgan fingerprint density at radius 1 is 1.17 bits per heavy atom. The number of thiophene rings is 2. The highest BCUT2D eigenvalue weighted by Gasteiger charge is 2.36. The molecule has 1 aromatic carbocycles. The van der Waals surface area contributed by atoms with E-state index < -0.39 is 17.6 Å². The molecule has 148 valence electrons. The van der Waals surface area contributed by atoms with Crippen molar-refractivity contribution in [3.8, 4) is 10.6 Å². The lowest BCUT2D eigenvalue weighted by atomic mass is 10.1. The molecular weight excluding hydrogens is 419 g/mol. The molecule has 4 aromatic rings. The maximum atomic E-state index is 13.7. The second-order valence-electron chi connectivity index (χ2n) is 6.38. The highest BCUT2D eigenvalue weighted by molar-refractivity contribution is 7.21.